The van der Waals surface area contributed by atoms with Crippen molar-refractivity contribution in [3.63, 3.8) is 0 Å². The number of cyclic esters (lactones) is 1. The summed E-state index contributed by atoms with van der Waals surface area (Å²) in [5.74, 6) is -0.491. The third kappa shape index (κ3) is 3.74. The fourth-order valence-corrected chi connectivity index (χ4v) is 10.1. The van der Waals surface area contributed by atoms with Gasteiger partial charge in [0.2, 0.25) is 5.91 Å². The lowest BCUT2D eigenvalue weighted by Crippen LogP contribution is -2.53. The van der Waals surface area contributed by atoms with Crippen molar-refractivity contribution in [3.8, 4) is 11.4 Å². The van der Waals surface area contributed by atoms with Gasteiger partial charge in [0, 0.05) is 29.1 Å². The first-order valence-electron chi connectivity index (χ1n) is 14.6. The summed E-state index contributed by atoms with van der Waals surface area (Å²) in [5, 5.41) is 4.08. The van der Waals surface area contributed by atoms with Crippen LogP contribution < -0.4 is 10.9 Å². The van der Waals surface area contributed by atoms with Crippen LogP contribution in [0.2, 0.25) is 18.1 Å². The molecule has 2 aliphatic heterocycles. The molecule has 1 aliphatic carbocycles. The first-order valence-corrected chi connectivity index (χ1v) is 17.1. The van der Waals surface area contributed by atoms with Crippen LogP contribution in [0.1, 0.15) is 75.3 Å². The van der Waals surface area contributed by atoms with Crippen LogP contribution in [0.4, 0.5) is 5.69 Å². The van der Waals surface area contributed by atoms with Gasteiger partial charge in [-0.1, -0.05) is 27.7 Å². The maximum atomic E-state index is 14.1. The van der Waals surface area contributed by atoms with Crippen molar-refractivity contribution < 1.29 is 18.8 Å². The topological polar surface area (TPSA) is 99.5 Å². The van der Waals surface area contributed by atoms with Crippen molar-refractivity contribution in [1.82, 2.24) is 9.55 Å². The fraction of sp³-hybridized carbons (Fsp3) is 0.484. The monoisotopic (exact) mass is 559 g/mol. The summed E-state index contributed by atoms with van der Waals surface area (Å²) in [5.41, 5.74) is 6.36. The first-order chi connectivity index (χ1) is 19.2. The summed E-state index contributed by atoms with van der Waals surface area (Å²) in [7, 11) is -2.25. The van der Waals surface area contributed by atoms with E-state index in [1.807, 2.05) is 25.1 Å². The Kier molecular flexibility index (Phi) is 6.50. The Bertz CT molecular complexity index is 1630. The number of benzene rings is 1. The number of fused-ring (bicyclic) bond motifs is 5. The number of carbonyl (C=O) groups is 2. The predicted octanol–water partition coefficient (Wildman–Crippen LogP) is 5.56. The third-order valence-electron chi connectivity index (χ3n) is 9.53. The number of nitrogens with one attached hydrogen (secondary N) is 1. The summed E-state index contributed by atoms with van der Waals surface area (Å²) in [6.07, 6.45) is 3.12. The Balaban J connectivity index is 1.58. The molecule has 2 aromatic heterocycles. The zero-order chi connectivity index (χ0) is 28.4. The number of carbonyl (C=O) groups excluding carboxylic acids is 2. The van der Waals surface area contributed by atoms with Gasteiger partial charge in [-0.05, 0) is 73.1 Å². The molecule has 0 spiro atoms. The highest BCUT2D eigenvalue weighted by atomic mass is 28.4. The van der Waals surface area contributed by atoms with Gasteiger partial charge in [-0.2, -0.15) is 0 Å². The SMILES string of the molecule is CC[C@@]1(O[Si](CC)(CC)CC)C(=O)OCc2c1cc1n(c2=O)Cc2c-1nc1ccc(NC(C)=O)c3c1c2CCC3. The second-order valence-corrected chi connectivity index (χ2v) is 16.0. The molecule has 4 heterocycles. The average molecular weight is 560 g/mol. The summed E-state index contributed by atoms with van der Waals surface area (Å²) < 4.78 is 14.4. The van der Waals surface area contributed by atoms with Crippen molar-refractivity contribution in [2.24, 2.45) is 0 Å². The van der Waals surface area contributed by atoms with Crippen LogP contribution in [0.5, 0.6) is 0 Å². The number of hydrogen-bond acceptors (Lipinski definition) is 6. The number of hydrogen-bond donors (Lipinski definition) is 1. The van der Waals surface area contributed by atoms with Crippen molar-refractivity contribution in [2.45, 2.75) is 97.2 Å². The van der Waals surface area contributed by atoms with Crippen molar-refractivity contribution in [2.75, 3.05) is 5.32 Å². The molecular weight excluding hydrogens is 522 g/mol. The number of pyridine rings is 2. The van der Waals surface area contributed by atoms with E-state index in [0.717, 1.165) is 76.5 Å². The number of aryl methyl sites for hydroxylation is 2. The molecule has 210 valence electrons. The molecule has 0 unspecified atom stereocenters. The normalized spacial score (nSPS) is 19.2. The highest BCUT2D eigenvalue weighted by Crippen LogP contribution is 2.46. The van der Waals surface area contributed by atoms with E-state index in [4.69, 9.17) is 14.1 Å². The standard InChI is InChI=1S/C31H37N3O5Si/c1-6-31(39-40(7-2,8-3)9-4)23-15-26-28-21(16-34(26)29(36)22(23)17-38-30(31)37)19-11-10-12-20-24(32-18(5)35)13-14-25(33-28)27(19)20/h13-15H,6-12,16-17H2,1-5H3,(H,32,35)/t31-/m0/s1. The summed E-state index contributed by atoms with van der Waals surface area (Å²) in [6.45, 7) is 10.3. The minimum atomic E-state index is -2.25. The molecular formula is C31H37N3O5Si. The van der Waals surface area contributed by atoms with E-state index in [-0.39, 0.29) is 18.1 Å². The maximum absolute atomic E-state index is 14.1. The van der Waals surface area contributed by atoms with E-state index in [0.29, 0.717) is 24.1 Å². The van der Waals surface area contributed by atoms with Crippen LogP contribution in [-0.2, 0) is 50.3 Å². The largest absolute Gasteiger partial charge is 0.458 e. The Morgan fingerprint density at radius 2 is 1.80 bits per heavy atom. The lowest BCUT2D eigenvalue weighted by atomic mass is 9.85. The predicted molar refractivity (Wildman–Crippen MR) is 157 cm³/mol. The van der Waals surface area contributed by atoms with E-state index < -0.39 is 19.9 Å². The lowest BCUT2D eigenvalue weighted by Gasteiger charge is -2.43. The second-order valence-electron chi connectivity index (χ2n) is 11.4. The quantitative estimate of drug-likeness (QED) is 0.235. The Morgan fingerprint density at radius 1 is 1.07 bits per heavy atom. The van der Waals surface area contributed by atoms with Crippen molar-refractivity contribution >= 4 is 36.8 Å². The highest BCUT2D eigenvalue weighted by molar-refractivity contribution is 6.73. The van der Waals surface area contributed by atoms with Crippen molar-refractivity contribution in [1.29, 1.82) is 0 Å². The molecule has 1 amide bonds. The fourth-order valence-electron chi connectivity index (χ4n) is 7.12. The van der Waals surface area contributed by atoms with Gasteiger partial charge in [0.15, 0.2) is 13.9 Å². The zero-order valence-electron chi connectivity index (χ0n) is 24.0. The van der Waals surface area contributed by atoms with Gasteiger partial charge in [0.05, 0.1) is 29.0 Å². The maximum Gasteiger partial charge on any atom is 0.342 e. The molecule has 3 aliphatic rings. The summed E-state index contributed by atoms with van der Waals surface area (Å²) >= 11 is 0. The Morgan fingerprint density at radius 3 is 2.48 bits per heavy atom. The van der Waals surface area contributed by atoms with Crippen LogP contribution in [0.25, 0.3) is 22.3 Å². The van der Waals surface area contributed by atoms with Crippen LogP contribution in [0.3, 0.4) is 0 Å². The van der Waals surface area contributed by atoms with E-state index >= 15 is 0 Å². The molecule has 8 nitrogen and oxygen atoms in total. The lowest BCUT2D eigenvalue weighted by molar-refractivity contribution is -0.170. The molecule has 0 saturated heterocycles. The smallest absolute Gasteiger partial charge is 0.342 e. The number of anilines is 1. The van der Waals surface area contributed by atoms with Gasteiger partial charge in [0.1, 0.15) is 6.61 Å². The van der Waals surface area contributed by atoms with Crippen LogP contribution in [0.15, 0.2) is 23.0 Å². The minimum absolute atomic E-state index is 0.0415. The molecule has 0 saturated carbocycles. The molecule has 1 atom stereocenters. The van der Waals surface area contributed by atoms with Gasteiger partial charge in [-0.25, -0.2) is 9.78 Å². The molecule has 1 aromatic carbocycles. The number of nitrogens with zero attached hydrogens (tertiary/aromatic N) is 2. The zero-order valence-corrected chi connectivity index (χ0v) is 25.0. The third-order valence-corrected chi connectivity index (χ3v) is 14.2. The second kappa shape index (κ2) is 9.66. The van der Waals surface area contributed by atoms with E-state index in [9.17, 15) is 14.4 Å². The Hall–Kier alpha value is -3.30. The molecule has 6 rings (SSSR count). The van der Waals surface area contributed by atoms with Crippen LogP contribution in [-0.4, -0.2) is 29.7 Å². The van der Waals surface area contributed by atoms with E-state index in [1.165, 1.54) is 12.5 Å². The number of rotatable bonds is 7. The number of esters is 1. The van der Waals surface area contributed by atoms with Crippen LogP contribution in [0, 0.1) is 0 Å². The molecule has 3 aromatic rings. The molecule has 0 bridgehead atoms. The average Bonchev–Trinajstić information content (AvgIpc) is 3.34. The van der Waals surface area contributed by atoms with Gasteiger partial charge < -0.3 is 19.0 Å². The van der Waals surface area contributed by atoms with E-state index in [1.54, 1.807) is 4.57 Å². The van der Waals surface area contributed by atoms with Gasteiger partial charge in [0.25, 0.3) is 5.56 Å². The molecule has 40 heavy (non-hydrogen) atoms. The van der Waals surface area contributed by atoms with Crippen molar-refractivity contribution in [3.05, 3.63) is 56.4 Å². The first kappa shape index (κ1) is 26.9. The molecule has 0 radical (unpaired) electrons. The van der Waals surface area contributed by atoms with Gasteiger partial charge in [-0.3, -0.25) is 9.59 Å². The van der Waals surface area contributed by atoms with Gasteiger partial charge >= 0.3 is 5.97 Å². The van der Waals surface area contributed by atoms with Crippen LogP contribution >= 0.6 is 0 Å². The molecule has 1 N–H and O–H groups in total. The molecule has 0 fully saturated rings. The molecule has 9 heteroatoms. The number of amides is 1. The number of ether oxygens (including phenoxy) is 1. The summed E-state index contributed by atoms with van der Waals surface area (Å²) in [6, 6.07) is 8.54. The highest BCUT2D eigenvalue weighted by Gasteiger charge is 2.52. The number of aromatic nitrogens is 2. The Labute approximate surface area is 235 Å². The summed E-state index contributed by atoms with van der Waals surface area (Å²) in [4.78, 5) is 44.6. The minimum Gasteiger partial charge on any atom is -0.458 e. The van der Waals surface area contributed by atoms with E-state index in [2.05, 4.69) is 26.1 Å². The van der Waals surface area contributed by atoms with Gasteiger partial charge in [-0.15, -0.1) is 0 Å².